The van der Waals surface area contributed by atoms with Gasteiger partial charge in [0, 0.05) is 29.9 Å². The predicted octanol–water partition coefficient (Wildman–Crippen LogP) is 3.63. The van der Waals surface area contributed by atoms with Crippen LogP contribution in [0.25, 0.3) is 0 Å². The van der Waals surface area contributed by atoms with Gasteiger partial charge in [-0.3, -0.25) is 14.4 Å². The smallest absolute Gasteiger partial charge is 0.370 e. The van der Waals surface area contributed by atoms with E-state index in [9.17, 15) is 27.6 Å². The van der Waals surface area contributed by atoms with Crippen molar-refractivity contribution in [3.8, 4) is 0 Å². The summed E-state index contributed by atoms with van der Waals surface area (Å²) in [5.74, 6) is -3.45. The number of benzodiazepines with no additional fused rings is 1. The highest BCUT2D eigenvalue weighted by Crippen LogP contribution is 2.45. The molecule has 184 valence electrons. The highest BCUT2D eigenvalue weighted by Gasteiger charge is 2.35. The number of hydrogen-bond acceptors (Lipinski definition) is 4. The fraction of sp³-hybridized carbons (Fsp3) is 0.360. The Kier molecular flexibility index (Phi) is 6.90. The summed E-state index contributed by atoms with van der Waals surface area (Å²) >= 11 is 0. The molecule has 3 amide bonds. The second-order valence-electron chi connectivity index (χ2n) is 8.81. The standard InChI is InChI=1S/C25H25F3N4O3/c26-25(27,28)12-11-16(13-19(29)33)23(34)32-22-24(35)31-21-17(14-9-10-14)7-4-8-18(21)20(30-22)15-5-2-1-3-6-15/h1-8,14,16,22H,9-13H2,(H2,29,33)(H,31,35)(H,32,34). The zero-order valence-electron chi connectivity index (χ0n) is 18.8. The number of rotatable bonds is 8. The SMILES string of the molecule is NC(=O)CC(CCC(F)(F)F)C(=O)NC1N=C(c2ccccc2)c2cccc(C3CC3)c2NC1=O. The van der Waals surface area contributed by atoms with Crippen molar-refractivity contribution in [2.75, 3.05) is 5.32 Å². The number of anilines is 1. The van der Waals surface area contributed by atoms with Crippen molar-refractivity contribution >= 4 is 29.1 Å². The van der Waals surface area contributed by atoms with Crippen LogP contribution in [0.3, 0.4) is 0 Å². The van der Waals surface area contributed by atoms with Crippen LogP contribution in [0.5, 0.6) is 0 Å². The Balaban J connectivity index is 1.67. The van der Waals surface area contributed by atoms with E-state index in [2.05, 4.69) is 15.6 Å². The average molecular weight is 486 g/mol. The van der Waals surface area contributed by atoms with Crippen molar-refractivity contribution in [1.82, 2.24) is 5.32 Å². The van der Waals surface area contributed by atoms with Crippen LogP contribution in [-0.2, 0) is 14.4 Å². The molecule has 0 radical (unpaired) electrons. The first-order chi connectivity index (χ1) is 16.6. The monoisotopic (exact) mass is 486 g/mol. The Morgan fingerprint density at radius 3 is 2.46 bits per heavy atom. The topological polar surface area (TPSA) is 114 Å². The maximum absolute atomic E-state index is 13.1. The Morgan fingerprint density at radius 1 is 1.11 bits per heavy atom. The number of nitrogens with one attached hydrogen (secondary N) is 2. The average Bonchev–Trinajstić information content (AvgIpc) is 3.65. The molecule has 0 spiro atoms. The van der Waals surface area contributed by atoms with E-state index in [1.807, 2.05) is 48.5 Å². The molecule has 0 saturated heterocycles. The third-order valence-corrected chi connectivity index (χ3v) is 6.04. The lowest BCUT2D eigenvalue weighted by atomic mass is 9.96. The number of halogens is 3. The summed E-state index contributed by atoms with van der Waals surface area (Å²) in [5, 5.41) is 5.30. The lowest BCUT2D eigenvalue weighted by Gasteiger charge is -2.19. The van der Waals surface area contributed by atoms with Crippen LogP contribution in [0.4, 0.5) is 18.9 Å². The fourth-order valence-electron chi connectivity index (χ4n) is 4.17. The molecule has 2 aliphatic rings. The molecule has 1 fully saturated rings. The number of carbonyl (C=O) groups excluding carboxylic acids is 3. The van der Waals surface area contributed by atoms with Crippen molar-refractivity contribution in [2.45, 2.75) is 50.4 Å². The van der Waals surface area contributed by atoms with Crippen molar-refractivity contribution in [3.63, 3.8) is 0 Å². The van der Waals surface area contributed by atoms with Gasteiger partial charge < -0.3 is 16.4 Å². The van der Waals surface area contributed by atoms with E-state index >= 15 is 0 Å². The summed E-state index contributed by atoms with van der Waals surface area (Å²) in [7, 11) is 0. The van der Waals surface area contributed by atoms with Crippen LogP contribution in [0.15, 0.2) is 53.5 Å². The molecular formula is C25H25F3N4O3. The Morgan fingerprint density at radius 2 is 1.83 bits per heavy atom. The quantitative estimate of drug-likeness (QED) is 0.529. The summed E-state index contributed by atoms with van der Waals surface area (Å²) in [6.45, 7) is 0. The van der Waals surface area contributed by atoms with Gasteiger partial charge in [0.2, 0.25) is 18.0 Å². The molecule has 4 N–H and O–H groups in total. The summed E-state index contributed by atoms with van der Waals surface area (Å²) in [5.41, 5.74) is 8.62. The van der Waals surface area contributed by atoms with Crippen LogP contribution in [0.2, 0.25) is 0 Å². The molecule has 0 bridgehead atoms. The van der Waals surface area contributed by atoms with Crippen LogP contribution in [0, 0.1) is 5.92 Å². The second kappa shape index (κ2) is 9.89. The number of benzene rings is 2. The molecule has 35 heavy (non-hydrogen) atoms. The summed E-state index contributed by atoms with van der Waals surface area (Å²) in [6.07, 6.45) is -6.38. The number of nitrogens with two attached hydrogens (primary N) is 1. The minimum Gasteiger partial charge on any atom is -0.370 e. The maximum atomic E-state index is 13.1. The van der Waals surface area contributed by atoms with E-state index < -0.39 is 55.2 Å². The molecule has 2 aromatic rings. The van der Waals surface area contributed by atoms with Crippen molar-refractivity contribution in [1.29, 1.82) is 0 Å². The van der Waals surface area contributed by atoms with Crippen molar-refractivity contribution in [3.05, 3.63) is 65.2 Å². The van der Waals surface area contributed by atoms with E-state index in [1.165, 1.54) is 0 Å². The molecule has 0 aromatic heterocycles. The van der Waals surface area contributed by atoms with Gasteiger partial charge >= 0.3 is 6.18 Å². The molecule has 1 aliphatic heterocycles. The third kappa shape index (κ3) is 6.06. The maximum Gasteiger partial charge on any atom is 0.389 e. The number of primary amides is 1. The zero-order chi connectivity index (χ0) is 25.2. The number of para-hydroxylation sites is 1. The van der Waals surface area contributed by atoms with Gasteiger partial charge in [0.15, 0.2) is 0 Å². The van der Waals surface area contributed by atoms with Crippen molar-refractivity contribution in [2.24, 2.45) is 16.6 Å². The molecule has 7 nitrogen and oxygen atoms in total. The number of nitrogens with zero attached hydrogens (tertiary/aromatic N) is 1. The molecule has 2 atom stereocenters. The van der Waals surface area contributed by atoms with Gasteiger partial charge in [-0.25, -0.2) is 4.99 Å². The first-order valence-electron chi connectivity index (χ1n) is 11.3. The Labute approximate surface area is 200 Å². The normalized spacial score (nSPS) is 18.5. The number of hydrogen-bond donors (Lipinski definition) is 3. The van der Waals surface area contributed by atoms with Crippen LogP contribution >= 0.6 is 0 Å². The van der Waals surface area contributed by atoms with Gasteiger partial charge in [-0.05, 0) is 30.7 Å². The molecular weight excluding hydrogens is 461 g/mol. The largest absolute Gasteiger partial charge is 0.389 e. The first kappa shape index (κ1) is 24.4. The molecule has 2 aromatic carbocycles. The summed E-state index contributed by atoms with van der Waals surface area (Å²) in [6, 6.07) is 14.8. The predicted molar refractivity (Wildman–Crippen MR) is 124 cm³/mol. The lowest BCUT2D eigenvalue weighted by Crippen LogP contribution is -2.45. The van der Waals surface area contributed by atoms with E-state index in [0.717, 1.165) is 18.4 Å². The van der Waals surface area contributed by atoms with E-state index in [1.54, 1.807) is 0 Å². The van der Waals surface area contributed by atoms with Gasteiger partial charge in [-0.2, -0.15) is 13.2 Å². The van der Waals surface area contributed by atoms with Crippen molar-refractivity contribution < 1.29 is 27.6 Å². The lowest BCUT2D eigenvalue weighted by molar-refractivity contribution is -0.143. The summed E-state index contributed by atoms with van der Waals surface area (Å²) in [4.78, 5) is 42.0. The molecule has 1 heterocycles. The fourth-order valence-corrected chi connectivity index (χ4v) is 4.17. The Hall–Kier alpha value is -3.69. The van der Waals surface area contributed by atoms with Gasteiger partial charge in [-0.1, -0.05) is 48.5 Å². The zero-order valence-corrected chi connectivity index (χ0v) is 18.8. The second-order valence-corrected chi connectivity index (χ2v) is 8.81. The summed E-state index contributed by atoms with van der Waals surface area (Å²) < 4.78 is 38.3. The van der Waals surface area contributed by atoms with E-state index in [0.29, 0.717) is 28.4 Å². The minimum absolute atomic E-state index is 0.315. The number of carbonyl (C=O) groups is 3. The minimum atomic E-state index is -4.50. The van der Waals surface area contributed by atoms with Gasteiger partial charge in [0.1, 0.15) is 0 Å². The van der Waals surface area contributed by atoms with E-state index in [4.69, 9.17) is 5.73 Å². The first-order valence-corrected chi connectivity index (χ1v) is 11.3. The van der Waals surface area contributed by atoms with E-state index in [-0.39, 0.29) is 0 Å². The number of alkyl halides is 3. The highest BCUT2D eigenvalue weighted by atomic mass is 19.4. The third-order valence-electron chi connectivity index (χ3n) is 6.04. The van der Waals surface area contributed by atoms with Gasteiger partial charge in [0.25, 0.3) is 5.91 Å². The van der Waals surface area contributed by atoms with Crippen LogP contribution in [0.1, 0.15) is 54.7 Å². The number of amides is 3. The van der Waals surface area contributed by atoms with Gasteiger partial charge in [-0.15, -0.1) is 0 Å². The molecule has 1 saturated carbocycles. The molecule has 2 unspecified atom stereocenters. The van der Waals surface area contributed by atoms with Gasteiger partial charge in [0.05, 0.1) is 11.4 Å². The number of aliphatic imine (C=N–C) groups is 1. The molecule has 10 heteroatoms. The number of fused-ring (bicyclic) bond motifs is 1. The molecule has 4 rings (SSSR count). The van der Waals surface area contributed by atoms with Crippen LogP contribution < -0.4 is 16.4 Å². The van der Waals surface area contributed by atoms with Crippen LogP contribution in [-0.4, -0.2) is 35.8 Å². The highest BCUT2D eigenvalue weighted by molar-refractivity contribution is 6.20. The molecule has 1 aliphatic carbocycles. The Bertz CT molecular complexity index is 1160.